The van der Waals surface area contributed by atoms with E-state index in [0.29, 0.717) is 23.7 Å². The summed E-state index contributed by atoms with van der Waals surface area (Å²) in [4.78, 5) is 0. The van der Waals surface area contributed by atoms with Gasteiger partial charge in [0.05, 0.1) is 6.10 Å². The third-order valence-electron chi connectivity index (χ3n) is 4.20. The largest absolute Gasteiger partial charge is 0.393 e. The van der Waals surface area contributed by atoms with Crippen molar-refractivity contribution in [3.05, 3.63) is 24.3 Å². The lowest BCUT2D eigenvalue weighted by molar-refractivity contribution is 0.0486. The summed E-state index contributed by atoms with van der Waals surface area (Å²) in [5, 5.41) is 9.94. The van der Waals surface area contributed by atoms with E-state index in [1.54, 1.807) is 0 Å². The van der Waals surface area contributed by atoms with Gasteiger partial charge in [0.25, 0.3) is 0 Å². The van der Waals surface area contributed by atoms with E-state index >= 15 is 0 Å². The molecule has 5 unspecified atom stereocenters. The molecule has 3 aliphatic carbocycles. The first-order chi connectivity index (χ1) is 6.27. The zero-order chi connectivity index (χ0) is 9.00. The fraction of sp³-hybridized carbons (Fsp3) is 0.667. The Bertz CT molecular complexity index is 279. The highest BCUT2D eigenvalue weighted by Gasteiger charge is 2.50. The number of hydrogen-bond donors (Lipinski definition) is 1. The van der Waals surface area contributed by atoms with Crippen molar-refractivity contribution in [3.8, 4) is 0 Å². The average molecular weight is 176 g/mol. The van der Waals surface area contributed by atoms with E-state index in [-0.39, 0.29) is 6.10 Å². The SMILES string of the molecule is C=C1CCC(O)C2C3C=CC(C3)C12. The van der Waals surface area contributed by atoms with Gasteiger partial charge in [-0.05, 0) is 42.9 Å². The maximum absolute atomic E-state index is 9.94. The number of aliphatic hydroxyl groups excluding tert-OH is 1. The Kier molecular flexibility index (Phi) is 1.49. The van der Waals surface area contributed by atoms with Gasteiger partial charge in [0, 0.05) is 0 Å². The molecule has 70 valence electrons. The minimum absolute atomic E-state index is 0.0598. The van der Waals surface area contributed by atoms with Gasteiger partial charge >= 0.3 is 0 Å². The van der Waals surface area contributed by atoms with Crippen molar-refractivity contribution in [2.45, 2.75) is 25.4 Å². The van der Waals surface area contributed by atoms with Crippen LogP contribution in [0.5, 0.6) is 0 Å². The Morgan fingerprint density at radius 2 is 2.08 bits per heavy atom. The van der Waals surface area contributed by atoms with Gasteiger partial charge in [-0.1, -0.05) is 24.3 Å². The van der Waals surface area contributed by atoms with Crippen molar-refractivity contribution in [1.82, 2.24) is 0 Å². The fourth-order valence-corrected chi connectivity index (χ4v) is 3.65. The number of rotatable bonds is 0. The molecule has 0 amide bonds. The second-order valence-electron chi connectivity index (χ2n) is 4.82. The van der Waals surface area contributed by atoms with E-state index < -0.39 is 0 Å². The monoisotopic (exact) mass is 176 g/mol. The van der Waals surface area contributed by atoms with E-state index in [0.717, 1.165) is 12.8 Å². The van der Waals surface area contributed by atoms with Crippen LogP contribution in [0.3, 0.4) is 0 Å². The summed E-state index contributed by atoms with van der Waals surface area (Å²) in [7, 11) is 0. The summed E-state index contributed by atoms with van der Waals surface area (Å²) in [5.74, 6) is 2.48. The molecule has 1 N–H and O–H groups in total. The summed E-state index contributed by atoms with van der Waals surface area (Å²) in [6.45, 7) is 4.17. The van der Waals surface area contributed by atoms with Crippen molar-refractivity contribution in [2.75, 3.05) is 0 Å². The van der Waals surface area contributed by atoms with Crippen molar-refractivity contribution in [2.24, 2.45) is 23.7 Å². The molecule has 5 atom stereocenters. The predicted molar refractivity (Wildman–Crippen MR) is 52.1 cm³/mol. The van der Waals surface area contributed by atoms with Gasteiger partial charge in [0.1, 0.15) is 0 Å². The quantitative estimate of drug-likeness (QED) is 0.561. The molecule has 13 heavy (non-hydrogen) atoms. The van der Waals surface area contributed by atoms with Crippen LogP contribution in [0, 0.1) is 23.7 Å². The summed E-state index contributed by atoms with van der Waals surface area (Å²) < 4.78 is 0. The minimum atomic E-state index is -0.0598. The van der Waals surface area contributed by atoms with Crippen LogP contribution in [-0.2, 0) is 0 Å². The van der Waals surface area contributed by atoms with Gasteiger partial charge in [0.2, 0.25) is 0 Å². The number of aliphatic hydroxyl groups is 1. The van der Waals surface area contributed by atoms with Crippen LogP contribution in [0.2, 0.25) is 0 Å². The third-order valence-corrected chi connectivity index (χ3v) is 4.20. The van der Waals surface area contributed by atoms with Crippen LogP contribution < -0.4 is 0 Å². The van der Waals surface area contributed by atoms with Crippen molar-refractivity contribution >= 4 is 0 Å². The first-order valence-corrected chi connectivity index (χ1v) is 5.31. The maximum Gasteiger partial charge on any atom is 0.0583 e. The zero-order valence-electron chi connectivity index (χ0n) is 7.82. The molecule has 0 aromatic carbocycles. The molecule has 1 nitrogen and oxygen atoms in total. The molecular weight excluding hydrogens is 160 g/mol. The second kappa shape index (κ2) is 2.48. The Hall–Kier alpha value is -0.560. The van der Waals surface area contributed by atoms with Gasteiger partial charge in [-0.25, -0.2) is 0 Å². The van der Waals surface area contributed by atoms with Crippen molar-refractivity contribution in [3.63, 3.8) is 0 Å². The lowest BCUT2D eigenvalue weighted by atomic mass is 9.69. The number of hydrogen-bond acceptors (Lipinski definition) is 1. The molecule has 0 heterocycles. The highest BCUT2D eigenvalue weighted by molar-refractivity contribution is 5.24. The lowest BCUT2D eigenvalue weighted by Gasteiger charge is -2.37. The van der Waals surface area contributed by atoms with Gasteiger partial charge in [-0.2, -0.15) is 0 Å². The Labute approximate surface area is 79.2 Å². The molecule has 3 aliphatic rings. The topological polar surface area (TPSA) is 20.2 Å². The first-order valence-electron chi connectivity index (χ1n) is 5.31. The Morgan fingerprint density at radius 1 is 1.31 bits per heavy atom. The van der Waals surface area contributed by atoms with Gasteiger partial charge in [-0.3, -0.25) is 0 Å². The molecule has 0 aromatic rings. The van der Waals surface area contributed by atoms with E-state index in [4.69, 9.17) is 0 Å². The summed E-state index contributed by atoms with van der Waals surface area (Å²) in [6.07, 6.45) is 7.85. The summed E-state index contributed by atoms with van der Waals surface area (Å²) in [5.41, 5.74) is 1.40. The van der Waals surface area contributed by atoms with Crippen molar-refractivity contribution < 1.29 is 5.11 Å². The molecule has 3 rings (SSSR count). The Morgan fingerprint density at radius 3 is 2.85 bits per heavy atom. The summed E-state index contributed by atoms with van der Waals surface area (Å²) >= 11 is 0. The number of fused-ring (bicyclic) bond motifs is 5. The normalized spacial score (nSPS) is 52.7. The lowest BCUT2D eigenvalue weighted by Crippen LogP contribution is -2.36. The van der Waals surface area contributed by atoms with Gasteiger partial charge in [-0.15, -0.1) is 0 Å². The number of allylic oxidation sites excluding steroid dienone is 3. The standard InChI is InChI=1S/C12H16O/c1-7-2-5-10(13)12-9-4-3-8(6-9)11(7)12/h3-4,8-13H,1-2,5-6H2. The van der Waals surface area contributed by atoms with E-state index in [1.807, 2.05) is 0 Å². The smallest absolute Gasteiger partial charge is 0.0583 e. The average Bonchev–Trinajstić information content (AvgIpc) is 2.70. The molecule has 0 saturated heterocycles. The van der Waals surface area contributed by atoms with Gasteiger partial charge in [0.15, 0.2) is 0 Å². The van der Waals surface area contributed by atoms with Crippen LogP contribution in [0.25, 0.3) is 0 Å². The van der Waals surface area contributed by atoms with E-state index in [2.05, 4.69) is 18.7 Å². The first kappa shape index (κ1) is 7.81. The highest BCUT2D eigenvalue weighted by atomic mass is 16.3. The van der Waals surface area contributed by atoms with Crippen LogP contribution in [-0.4, -0.2) is 11.2 Å². The van der Waals surface area contributed by atoms with Crippen LogP contribution in [0.4, 0.5) is 0 Å². The zero-order valence-corrected chi connectivity index (χ0v) is 7.82. The second-order valence-corrected chi connectivity index (χ2v) is 4.82. The third kappa shape index (κ3) is 0.912. The van der Waals surface area contributed by atoms with Crippen molar-refractivity contribution in [1.29, 1.82) is 0 Å². The molecule has 0 aromatic heterocycles. The molecule has 1 heteroatoms. The fourth-order valence-electron chi connectivity index (χ4n) is 3.65. The van der Waals surface area contributed by atoms with E-state index in [9.17, 15) is 5.11 Å². The molecule has 0 spiro atoms. The van der Waals surface area contributed by atoms with Crippen LogP contribution >= 0.6 is 0 Å². The Balaban J connectivity index is 1.98. The molecule has 2 bridgehead atoms. The highest BCUT2D eigenvalue weighted by Crippen LogP contribution is 2.55. The summed E-state index contributed by atoms with van der Waals surface area (Å²) in [6, 6.07) is 0. The van der Waals surface area contributed by atoms with Crippen LogP contribution in [0.15, 0.2) is 24.3 Å². The molecule has 2 fully saturated rings. The maximum atomic E-state index is 9.94. The van der Waals surface area contributed by atoms with E-state index in [1.165, 1.54) is 12.0 Å². The minimum Gasteiger partial charge on any atom is -0.393 e. The molecule has 2 saturated carbocycles. The molecule has 0 radical (unpaired) electrons. The molecular formula is C12H16O. The predicted octanol–water partition coefficient (Wildman–Crippen LogP) is 2.14. The molecule has 0 aliphatic heterocycles. The van der Waals surface area contributed by atoms with Gasteiger partial charge < -0.3 is 5.11 Å². The van der Waals surface area contributed by atoms with Crippen LogP contribution in [0.1, 0.15) is 19.3 Å².